The van der Waals surface area contributed by atoms with Gasteiger partial charge in [-0.05, 0) is 30.5 Å². The van der Waals surface area contributed by atoms with Crippen LogP contribution in [-0.4, -0.2) is 10.8 Å². The number of carbonyl (C=O) groups excluding carboxylic acids is 1. The van der Waals surface area contributed by atoms with Gasteiger partial charge in [-0.15, -0.1) is 0 Å². The number of hydrogen-bond donors (Lipinski definition) is 1. The summed E-state index contributed by atoms with van der Waals surface area (Å²) in [7, 11) is 0. The molecular weight excluding hydrogens is 222 g/mol. The van der Waals surface area contributed by atoms with Crippen LogP contribution in [-0.2, 0) is 0 Å². The van der Waals surface area contributed by atoms with Crippen LogP contribution in [0.25, 0.3) is 10.9 Å². The van der Waals surface area contributed by atoms with Gasteiger partial charge in [-0.2, -0.15) is 0 Å². The van der Waals surface area contributed by atoms with E-state index >= 15 is 0 Å². The highest BCUT2D eigenvalue weighted by Crippen LogP contribution is 2.28. The minimum absolute atomic E-state index is 0.0328. The minimum Gasteiger partial charge on any atom is -0.358 e. The Morgan fingerprint density at radius 1 is 1.17 bits per heavy atom. The number of rotatable bonds is 3. The van der Waals surface area contributed by atoms with E-state index in [-0.39, 0.29) is 11.7 Å². The number of ketones is 1. The number of nitrogens with one attached hydrogen (secondary N) is 1. The Balaban J connectivity index is 2.68. The molecule has 1 aromatic carbocycles. The summed E-state index contributed by atoms with van der Waals surface area (Å²) in [5.41, 5.74) is 4.17. The zero-order chi connectivity index (χ0) is 13.4. The Morgan fingerprint density at radius 3 is 2.39 bits per heavy atom. The molecule has 2 nitrogen and oxygen atoms in total. The first-order valence-corrected chi connectivity index (χ1v) is 6.58. The molecule has 0 atom stereocenters. The van der Waals surface area contributed by atoms with Crippen molar-refractivity contribution in [3.8, 4) is 0 Å². The standard InChI is InChI=1S/C16H21NO/c1-9(2)12-6-7-14-13(8-12)15(11(5)17-14)16(18)10(3)4/h6-10,17H,1-5H3. The summed E-state index contributed by atoms with van der Waals surface area (Å²) in [6.45, 7) is 10.2. The van der Waals surface area contributed by atoms with E-state index in [0.29, 0.717) is 5.92 Å². The molecule has 0 aliphatic rings. The molecule has 0 saturated carbocycles. The first kappa shape index (κ1) is 12.9. The van der Waals surface area contributed by atoms with Gasteiger partial charge in [-0.25, -0.2) is 0 Å². The van der Waals surface area contributed by atoms with E-state index < -0.39 is 0 Å². The number of aryl methyl sites for hydroxylation is 1. The molecule has 0 saturated heterocycles. The lowest BCUT2D eigenvalue weighted by molar-refractivity contribution is 0.0940. The Morgan fingerprint density at radius 2 is 1.83 bits per heavy atom. The summed E-state index contributed by atoms with van der Waals surface area (Å²) in [5.74, 6) is 0.733. The van der Waals surface area contributed by atoms with Gasteiger partial charge in [0, 0.05) is 28.1 Å². The lowest BCUT2D eigenvalue weighted by atomic mass is 9.95. The molecule has 1 aromatic heterocycles. The van der Waals surface area contributed by atoms with Crippen LogP contribution >= 0.6 is 0 Å². The van der Waals surface area contributed by atoms with Crippen molar-refractivity contribution in [2.24, 2.45) is 5.92 Å². The van der Waals surface area contributed by atoms with E-state index in [1.165, 1.54) is 5.56 Å². The lowest BCUT2D eigenvalue weighted by Crippen LogP contribution is -2.08. The van der Waals surface area contributed by atoms with Gasteiger partial charge in [0.05, 0.1) is 0 Å². The van der Waals surface area contributed by atoms with Gasteiger partial charge in [0.25, 0.3) is 0 Å². The fourth-order valence-corrected chi connectivity index (χ4v) is 2.31. The average molecular weight is 243 g/mol. The SMILES string of the molecule is Cc1[nH]c2ccc(C(C)C)cc2c1C(=O)C(C)C. The molecule has 0 radical (unpaired) electrons. The Labute approximate surface area is 108 Å². The largest absolute Gasteiger partial charge is 0.358 e. The molecule has 0 fully saturated rings. The van der Waals surface area contributed by atoms with E-state index in [2.05, 4.69) is 37.0 Å². The van der Waals surface area contributed by atoms with Gasteiger partial charge in [0.1, 0.15) is 0 Å². The molecule has 0 aliphatic heterocycles. The molecule has 0 spiro atoms. The van der Waals surface area contributed by atoms with E-state index in [1.807, 2.05) is 20.8 Å². The third-order valence-corrected chi connectivity index (χ3v) is 3.45. The molecular formula is C16H21NO. The molecule has 0 unspecified atom stereocenters. The molecule has 18 heavy (non-hydrogen) atoms. The average Bonchev–Trinajstić information content (AvgIpc) is 2.62. The van der Waals surface area contributed by atoms with Crippen LogP contribution in [0.1, 0.15) is 55.2 Å². The van der Waals surface area contributed by atoms with Crippen molar-refractivity contribution < 1.29 is 4.79 Å². The van der Waals surface area contributed by atoms with Crippen LogP contribution in [0, 0.1) is 12.8 Å². The summed E-state index contributed by atoms with van der Waals surface area (Å²) < 4.78 is 0. The first-order chi connectivity index (χ1) is 8.41. The minimum atomic E-state index is 0.0328. The zero-order valence-electron chi connectivity index (χ0n) is 11.8. The normalized spacial score (nSPS) is 11.7. The van der Waals surface area contributed by atoms with E-state index in [1.54, 1.807) is 0 Å². The van der Waals surface area contributed by atoms with Crippen LogP contribution in [0.3, 0.4) is 0 Å². The van der Waals surface area contributed by atoms with Crippen LogP contribution in [0.2, 0.25) is 0 Å². The van der Waals surface area contributed by atoms with E-state index in [9.17, 15) is 4.79 Å². The van der Waals surface area contributed by atoms with Gasteiger partial charge in [0.2, 0.25) is 0 Å². The monoisotopic (exact) mass is 243 g/mol. The van der Waals surface area contributed by atoms with Crippen molar-refractivity contribution >= 4 is 16.7 Å². The molecule has 2 aromatic rings. The van der Waals surface area contributed by atoms with Crippen LogP contribution in [0.5, 0.6) is 0 Å². The van der Waals surface area contributed by atoms with Crippen molar-refractivity contribution in [2.45, 2.75) is 40.5 Å². The summed E-state index contributed by atoms with van der Waals surface area (Å²) in [6, 6.07) is 6.36. The number of H-pyrrole nitrogens is 1. The molecule has 0 aliphatic carbocycles. The van der Waals surface area contributed by atoms with Crippen molar-refractivity contribution in [3.63, 3.8) is 0 Å². The predicted molar refractivity (Wildman–Crippen MR) is 76.3 cm³/mol. The maximum atomic E-state index is 12.3. The lowest BCUT2D eigenvalue weighted by Gasteiger charge is -2.07. The molecule has 1 N–H and O–H groups in total. The number of fused-ring (bicyclic) bond motifs is 1. The van der Waals surface area contributed by atoms with Crippen molar-refractivity contribution in [1.29, 1.82) is 0 Å². The van der Waals surface area contributed by atoms with Crippen LogP contribution in [0.15, 0.2) is 18.2 Å². The summed E-state index contributed by atoms with van der Waals surface area (Å²) >= 11 is 0. The summed E-state index contributed by atoms with van der Waals surface area (Å²) in [6.07, 6.45) is 0. The van der Waals surface area contributed by atoms with Gasteiger partial charge < -0.3 is 4.98 Å². The Hall–Kier alpha value is -1.57. The number of aromatic nitrogens is 1. The third-order valence-electron chi connectivity index (χ3n) is 3.45. The maximum absolute atomic E-state index is 12.3. The molecule has 96 valence electrons. The maximum Gasteiger partial charge on any atom is 0.167 e. The highest BCUT2D eigenvalue weighted by molar-refractivity contribution is 6.10. The van der Waals surface area contributed by atoms with E-state index in [0.717, 1.165) is 22.2 Å². The first-order valence-electron chi connectivity index (χ1n) is 6.58. The molecule has 1 heterocycles. The van der Waals surface area contributed by atoms with Crippen molar-refractivity contribution in [1.82, 2.24) is 4.98 Å². The Bertz CT molecular complexity index is 590. The fourth-order valence-electron chi connectivity index (χ4n) is 2.31. The van der Waals surface area contributed by atoms with Crippen molar-refractivity contribution in [3.05, 3.63) is 35.0 Å². The second-order valence-corrected chi connectivity index (χ2v) is 5.60. The summed E-state index contributed by atoms with van der Waals surface area (Å²) in [5, 5.41) is 1.07. The highest BCUT2D eigenvalue weighted by atomic mass is 16.1. The van der Waals surface area contributed by atoms with Gasteiger partial charge in [-0.3, -0.25) is 4.79 Å². The highest BCUT2D eigenvalue weighted by Gasteiger charge is 2.19. The molecule has 2 heteroatoms. The summed E-state index contributed by atoms with van der Waals surface area (Å²) in [4.78, 5) is 15.6. The number of carbonyl (C=O) groups is 1. The van der Waals surface area contributed by atoms with Gasteiger partial charge in [0.15, 0.2) is 5.78 Å². The Kier molecular flexibility index (Phi) is 3.29. The quantitative estimate of drug-likeness (QED) is 0.794. The number of benzene rings is 1. The smallest absolute Gasteiger partial charge is 0.167 e. The number of Topliss-reactive ketones (excluding diaryl/α,β-unsaturated/α-hetero) is 1. The fraction of sp³-hybridized carbons (Fsp3) is 0.438. The van der Waals surface area contributed by atoms with E-state index in [4.69, 9.17) is 0 Å². The van der Waals surface area contributed by atoms with Gasteiger partial charge in [-0.1, -0.05) is 33.8 Å². The topological polar surface area (TPSA) is 32.9 Å². The van der Waals surface area contributed by atoms with Gasteiger partial charge >= 0.3 is 0 Å². The second kappa shape index (κ2) is 4.60. The molecule has 0 bridgehead atoms. The zero-order valence-corrected chi connectivity index (χ0v) is 11.8. The molecule has 0 amide bonds. The number of aromatic amines is 1. The second-order valence-electron chi connectivity index (χ2n) is 5.60. The van der Waals surface area contributed by atoms with Crippen molar-refractivity contribution in [2.75, 3.05) is 0 Å². The predicted octanol–water partition coefficient (Wildman–Crippen LogP) is 4.44. The van der Waals surface area contributed by atoms with Crippen LogP contribution in [0.4, 0.5) is 0 Å². The third kappa shape index (κ3) is 2.07. The molecule has 2 rings (SSSR count). The van der Waals surface area contributed by atoms with Crippen LogP contribution < -0.4 is 0 Å². The number of hydrogen-bond acceptors (Lipinski definition) is 1.